The highest BCUT2D eigenvalue weighted by Gasteiger charge is 2.17. The number of hydrogen-bond donors (Lipinski definition) is 1. The van der Waals surface area contributed by atoms with Gasteiger partial charge >= 0.3 is 0 Å². The van der Waals surface area contributed by atoms with Gasteiger partial charge in [0.2, 0.25) is 0 Å². The predicted octanol–water partition coefficient (Wildman–Crippen LogP) is 1.81. The molecule has 1 N–H and O–H groups in total. The SMILES string of the molecule is COCCCOC1CCC(=NO)CC1. The topological polar surface area (TPSA) is 51.0 Å². The van der Waals surface area contributed by atoms with E-state index in [4.69, 9.17) is 14.7 Å². The summed E-state index contributed by atoms with van der Waals surface area (Å²) in [5.41, 5.74) is 0.904. The van der Waals surface area contributed by atoms with E-state index in [1.807, 2.05) is 0 Å². The number of hydrogen-bond acceptors (Lipinski definition) is 4. The van der Waals surface area contributed by atoms with Gasteiger partial charge in [0.15, 0.2) is 0 Å². The minimum Gasteiger partial charge on any atom is -0.411 e. The Labute approximate surface area is 84.9 Å². The average Bonchev–Trinajstić information content (AvgIpc) is 2.25. The standard InChI is InChI=1S/C10H19NO3/c1-13-7-2-8-14-10-5-3-9(11-12)4-6-10/h10,12H,2-8H2,1H3. The molecule has 0 aromatic heterocycles. The van der Waals surface area contributed by atoms with Crippen molar-refractivity contribution in [3.05, 3.63) is 0 Å². The van der Waals surface area contributed by atoms with Gasteiger partial charge in [0.05, 0.1) is 11.8 Å². The Morgan fingerprint density at radius 1 is 1.36 bits per heavy atom. The average molecular weight is 201 g/mol. The Kier molecular flexibility index (Phi) is 5.56. The van der Waals surface area contributed by atoms with E-state index < -0.39 is 0 Å². The van der Waals surface area contributed by atoms with Crippen LogP contribution in [0.15, 0.2) is 5.16 Å². The summed E-state index contributed by atoms with van der Waals surface area (Å²) in [7, 11) is 1.70. The third-order valence-corrected chi connectivity index (χ3v) is 2.50. The maximum atomic E-state index is 8.55. The molecule has 4 nitrogen and oxygen atoms in total. The third-order valence-electron chi connectivity index (χ3n) is 2.50. The highest BCUT2D eigenvalue weighted by molar-refractivity contribution is 5.84. The lowest BCUT2D eigenvalue weighted by Gasteiger charge is -2.22. The van der Waals surface area contributed by atoms with Crippen LogP contribution in [0.1, 0.15) is 32.1 Å². The largest absolute Gasteiger partial charge is 0.411 e. The number of nitrogens with zero attached hydrogens (tertiary/aromatic N) is 1. The van der Waals surface area contributed by atoms with Crippen LogP contribution >= 0.6 is 0 Å². The molecule has 0 atom stereocenters. The van der Waals surface area contributed by atoms with Crippen LogP contribution in [0.25, 0.3) is 0 Å². The van der Waals surface area contributed by atoms with Gasteiger partial charge in [-0.1, -0.05) is 5.16 Å². The molecule has 1 saturated carbocycles. The zero-order chi connectivity index (χ0) is 10.2. The molecular weight excluding hydrogens is 182 g/mol. The Bertz CT molecular complexity index is 172. The molecule has 0 bridgehead atoms. The molecule has 0 radical (unpaired) electrons. The number of oxime groups is 1. The molecule has 0 heterocycles. The molecule has 1 aliphatic carbocycles. The van der Waals surface area contributed by atoms with E-state index >= 15 is 0 Å². The first-order valence-corrected chi connectivity index (χ1v) is 5.17. The van der Waals surface area contributed by atoms with Crippen molar-refractivity contribution in [1.82, 2.24) is 0 Å². The van der Waals surface area contributed by atoms with Gasteiger partial charge in [-0.2, -0.15) is 0 Å². The summed E-state index contributed by atoms with van der Waals surface area (Å²) in [5.74, 6) is 0. The first-order chi connectivity index (χ1) is 6.86. The molecule has 1 fully saturated rings. The summed E-state index contributed by atoms with van der Waals surface area (Å²) >= 11 is 0. The van der Waals surface area contributed by atoms with Crippen LogP contribution in [0.4, 0.5) is 0 Å². The fourth-order valence-electron chi connectivity index (χ4n) is 1.64. The van der Waals surface area contributed by atoms with Crippen molar-refractivity contribution in [2.45, 2.75) is 38.2 Å². The number of methoxy groups -OCH3 is 1. The second-order valence-electron chi connectivity index (χ2n) is 3.58. The molecule has 1 rings (SSSR count). The minimum atomic E-state index is 0.345. The molecule has 0 spiro atoms. The lowest BCUT2D eigenvalue weighted by Crippen LogP contribution is -2.22. The molecule has 0 aromatic rings. The van der Waals surface area contributed by atoms with Gasteiger partial charge in [-0.05, 0) is 32.1 Å². The maximum Gasteiger partial charge on any atom is 0.0582 e. The molecule has 0 unspecified atom stereocenters. The van der Waals surface area contributed by atoms with Gasteiger partial charge < -0.3 is 14.7 Å². The quantitative estimate of drug-likeness (QED) is 0.419. The fourth-order valence-corrected chi connectivity index (χ4v) is 1.64. The van der Waals surface area contributed by atoms with Crippen LogP contribution in [0.5, 0.6) is 0 Å². The summed E-state index contributed by atoms with van der Waals surface area (Å²) in [6.07, 6.45) is 4.99. The third kappa shape index (κ3) is 4.07. The summed E-state index contributed by atoms with van der Waals surface area (Å²) in [6.45, 7) is 1.53. The first-order valence-electron chi connectivity index (χ1n) is 5.17. The lowest BCUT2D eigenvalue weighted by atomic mass is 9.96. The lowest BCUT2D eigenvalue weighted by molar-refractivity contribution is 0.0281. The predicted molar refractivity (Wildman–Crippen MR) is 53.9 cm³/mol. The molecule has 0 aliphatic heterocycles. The van der Waals surface area contributed by atoms with E-state index in [1.165, 1.54) is 0 Å². The van der Waals surface area contributed by atoms with Crippen LogP contribution < -0.4 is 0 Å². The second kappa shape index (κ2) is 6.79. The number of rotatable bonds is 5. The van der Waals surface area contributed by atoms with Crippen molar-refractivity contribution >= 4 is 5.71 Å². The van der Waals surface area contributed by atoms with Crippen molar-refractivity contribution in [2.75, 3.05) is 20.3 Å². The summed E-state index contributed by atoms with van der Waals surface area (Å²) in [4.78, 5) is 0. The molecule has 1 aliphatic rings. The minimum absolute atomic E-state index is 0.345. The van der Waals surface area contributed by atoms with Gasteiger partial charge in [-0.3, -0.25) is 0 Å². The van der Waals surface area contributed by atoms with E-state index in [2.05, 4.69) is 5.16 Å². The zero-order valence-corrected chi connectivity index (χ0v) is 8.74. The molecular formula is C10H19NO3. The van der Waals surface area contributed by atoms with E-state index in [9.17, 15) is 0 Å². The molecule has 82 valence electrons. The fraction of sp³-hybridized carbons (Fsp3) is 0.900. The van der Waals surface area contributed by atoms with Gasteiger partial charge in [0.25, 0.3) is 0 Å². The molecule has 14 heavy (non-hydrogen) atoms. The highest BCUT2D eigenvalue weighted by Crippen LogP contribution is 2.18. The molecule has 0 aromatic carbocycles. The summed E-state index contributed by atoms with van der Waals surface area (Å²) in [6, 6.07) is 0. The maximum absolute atomic E-state index is 8.55. The summed E-state index contributed by atoms with van der Waals surface area (Å²) < 4.78 is 10.6. The number of ether oxygens (including phenoxy) is 2. The van der Waals surface area contributed by atoms with Crippen molar-refractivity contribution in [2.24, 2.45) is 5.16 Å². The van der Waals surface area contributed by atoms with Crippen LogP contribution in [0.2, 0.25) is 0 Å². The van der Waals surface area contributed by atoms with E-state index in [0.29, 0.717) is 6.10 Å². The van der Waals surface area contributed by atoms with E-state index in [-0.39, 0.29) is 0 Å². The van der Waals surface area contributed by atoms with Crippen molar-refractivity contribution in [3.8, 4) is 0 Å². The van der Waals surface area contributed by atoms with Crippen molar-refractivity contribution in [3.63, 3.8) is 0 Å². The highest BCUT2D eigenvalue weighted by atomic mass is 16.5. The molecule has 0 saturated heterocycles. The van der Waals surface area contributed by atoms with E-state index in [0.717, 1.165) is 51.0 Å². The molecule has 4 heteroatoms. The van der Waals surface area contributed by atoms with E-state index in [1.54, 1.807) is 7.11 Å². The second-order valence-corrected chi connectivity index (χ2v) is 3.58. The molecule has 0 amide bonds. The Morgan fingerprint density at radius 3 is 2.64 bits per heavy atom. The summed E-state index contributed by atoms with van der Waals surface area (Å²) in [5, 5.41) is 11.8. The van der Waals surface area contributed by atoms with Gasteiger partial charge in [-0.15, -0.1) is 0 Å². The van der Waals surface area contributed by atoms with Crippen LogP contribution in [0, 0.1) is 0 Å². The zero-order valence-electron chi connectivity index (χ0n) is 8.74. The van der Waals surface area contributed by atoms with Crippen molar-refractivity contribution in [1.29, 1.82) is 0 Å². The van der Waals surface area contributed by atoms with Crippen LogP contribution in [0.3, 0.4) is 0 Å². The normalized spacial score (nSPS) is 22.4. The van der Waals surface area contributed by atoms with Crippen LogP contribution in [-0.4, -0.2) is 37.3 Å². The smallest absolute Gasteiger partial charge is 0.0582 e. The monoisotopic (exact) mass is 201 g/mol. The van der Waals surface area contributed by atoms with Gasteiger partial charge in [0.1, 0.15) is 0 Å². The van der Waals surface area contributed by atoms with Gasteiger partial charge in [0, 0.05) is 20.3 Å². The van der Waals surface area contributed by atoms with Crippen LogP contribution in [-0.2, 0) is 9.47 Å². The van der Waals surface area contributed by atoms with Gasteiger partial charge in [-0.25, -0.2) is 0 Å². The van der Waals surface area contributed by atoms with Crippen molar-refractivity contribution < 1.29 is 14.7 Å². The first kappa shape index (κ1) is 11.5. The Hall–Kier alpha value is -0.610. The Morgan fingerprint density at radius 2 is 2.07 bits per heavy atom. The Balaban J connectivity index is 2.04.